The van der Waals surface area contributed by atoms with Crippen molar-refractivity contribution < 1.29 is 9.18 Å². The molecule has 6 heteroatoms. The monoisotopic (exact) mass is 307 g/mol. The first-order valence-electron chi connectivity index (χ1n) is 6.82. The standard InChI is InChI=1S/C15H18FN3OS/c1-3-11(2)19-14(8-9-17-19)18-15(20)10-21-13-6-4-12(16)5-7-13/h4-9,11H,3,10H2,1-2H3,(H,18,20). The molecule has 0 spiro atoms. The second kappa shape index (κ2) is 7.26. The largest absolute Gasteiger partial charge is 0.310 e. The van der Waals surface area contributed by atoms with Crippen LogP contribution in [0.1, 0.15) is 26.3 Å². The molecule has 0 fully saturated rings. The zero-order valence-electron chi connectivity index (χ0n) is 12.0. The summed E-state index contributed by atoms with van der Waals surface area (Å²) in [7, 11) is 0. The maximum absolute atomic E-state index is 12.8. The van der Waals surface area contributed by atoms with E-state index in [1.165, 1.54) is 23.9 Å². The lowest BCUT2D eigenvalue weighted by Crippen LogP contribution is -2.18. The number of hydrogen-bond acceptors (Lipinski definition) is 3. The summed E-state index contributed by atoms with van der Waals surface area (Å²) in [5, 5.41) is 7.08. The average Bonchev–Trinajstić information content (AvgIpc) is 2.94. The number of benzene rings is 1. The summed E-state index contributed by atoms with van der Waals surface area (Å²) in [5.74, 6) is 0.599. The van der Waals surface area contributed by atoms with E-state index in [0.717, 1.165) is 11.3 Å². The topological polar surface area (TPSA) is 46.9 Å². The number of thioether (sulfide) groups is 1. The summed E-state index contributed by atoms with van der Waals surface area (Å²) in [6.07, 6.45) is 2.61. The minimum atomic E-state index is -0.277. The first-order valence-corrected chi connectivity index (χ1v) is 7.80. The van der Waals surface area contributed by atoms with Crippen LogP contribution in [0.25, 0.3) is 0 Å². The number of anilines is 1. The van der Waals surface area contributed by atoms with Gasteiger partial charge in [0.25, 0.3) is 0 Å². The highest BCUT2D eigenvalue weighted by molar-refractivity contribution is 8.00. The van der Waals surface area contributed by atoms with Crippen molar-refractivity contribution in [2.75, 3.05) is 11.1 Å². The molecule has 112 valence electrons. The van der Waals surface area contributed by atoms with E-state index in [2.05, 4.69) is 24.3 Å². The van der Waals surface area contributed by atoms with Gasteiger partial charge in [-0.1, -0.05) is 6.92 Å². The van der Waals surface area contributed by atoms with Crippen molar-refractivity contribution in [1.29, 1.82) is 0 Å². The Bertz CT molecular complexity index is 597. The number of carbonyl (C=O) groups is 1. The van der Waals surface area contributed by atoms with E-state index >= 15 is 0 Å². The molecule has 1 unspecified atom stereocenters. The molecule has 21 heavy (non-hydrogen) atoms. The highest BCUT2D eigenvalue weighted by Gasteiger charge is 2.11. The fraction of sp³-hybridized carbons (Fsp3) is 0.333. The minimum Gasteiger partial charge on any atom is -0.310 e. The van der Waals surface area contributed by atoms with E-state index in [4.69, 9.17) is 0 Å². The summed E-state index contributed by atoms with van der Waals surface area (Å²) < 4.78 is 14.6. The molecule has 0 radical (unpaired) electrons. The molecule has 0 saturated heterocycles. The molecule has 1 atom stereocenters. The van der Waals surface area contributed by atoms with E-state index in [0.29, 0.717) is 5.82 Å². The molecule has 0 aliphatic rings. The fourth-order valence-corrected chi connectivity index (χ4v) is 2.49. The van der Waals surface area contributed by atoms with Crippen LogP contribution < -0.4 is 5.32 Å². The van der Waals surface area contributed by atoms with Crippen molar-refractivity contribution in [3.05, 3.63) is 42.3 Å². The predicted octanol–water partition coefficient (Wildman–Crippen LogP) is 3.72. The molecule has 0 aliphatic heterocycles. The highest BCUT2D eigenvalue weighted by atomic mass is 32.2. The summed E-state index contributed by atoms with van der Waals surface area (Å²) >= 11 is 1.37. The van der Waals surface area contributed by atoms with Gasteiger partial charge in [-0.3, -0.25) is 4.79 Å². The predicted molar refractivity (Wildman–Crippen MR) is 83.0 cm³/mol. The highest BCUT2D eigenvalue weighted by Crippen LogP contribution is 2.20. The summed E-state index contributed by atoms with van der Waals surface area (Å²) in [5.41, 5.74) is 0. The van der Waals surface area contributed by atoms with Gasteiger partial charge in [0.05, 0.1) is 18.0 Å². The number of halogens is 1. The third-order valence-corrected chi connectivity index (χ3v) is 4.14. The van der Waals surface area contributed by atoms with Crippen LogP contribution >= 0.6 is 11.8 Å². The van der Waals surface area contributed by atoms with Gasteiger partial charge in [-0.05, 0) is 37.6 Å². The van der Waals surface area contributed by atoms with Gasteiger partial charge in [0.1, 0.15) is 11.6 Å². The van der Waals surface area contributed by atoms with Gasteiger partial charge in [-0.25, -0.2) is 9.07 Å². The number of carbonyl (C=O) groups excluding carboxylic acids is 1. The number of aromatic nitrogens is 2. The van der Waals surface area contributed by atoms with Crippen LogP contribution in [0.15, 0.2) is 41.4 Å². The van der Waals surface area contributed by atoms with Gasteiger partial charge < -0.3 is 5.32 Å². The van der Waals surface area contributed by atoms with Crippen LogP contribution in [0.3, 0.4) is 0 Å². The molecule has 4 nitrogen and oxygen atoms in total. The Hall–Kier alpha value is -1.82. The number of amides is 1. The molecular formula is C15H18FN3OS. The van der Waals surface area contributed by atoms with Crippen LogP contribution in [0.2, 0.25) is 0 Å². The Kier molecular flexibility index (Phi) is 5.38. The summed E-state index contributed by atoms with van der Waals surface area (Å²) in [6, 6.07) is 8.12. The van der Waals surface area contributed by atoms with Crippen molar-refractivity contribution in [3.8, 4) is 0 Å². The Morgan fingerprint density at radius 3 is 2.76 bits per heavy atom. The lowest BCUT2D eigenvalue weighted by molar-refractivity contribution is -0.113. The van der Waals surface area contributed by atoms with Crippen molar-refractivity contribution in [1.82, 2.24) is 9.78 Å². The van der Waals surface area contributed by atoms with Crippen molar-refractivity contribution >= 4 is 23.5 Å². The maximum Gasteiger partial charge on any atom is 0.235 e. The molecule has 1 aromatic heterocycles. The second-order valence-corrected chi connectivity index (χ2v) is 5.76. The molecular weight excluding hydrogens is 289 g/mol. The molecule has 0 bridgehead atoms. The van der Waals surface area contributed by atoms with Crippen LogP contribution in [0.5, 0.6) is 0 Å². The van der Waals surface area contributed by atoms with Crippen LogP contribution in [0.4, 0.5) is 10.2 Å². The molecule has 2 rings (SSSR count). The lowest BCUT2D eigenvalue weighted by Gasteiger charge is -2.14. The quantitative estimate of drug-likeness (QED) is 0.827. The fourth-order valence-electron chi connectivity index (χ4n) is 1.80. The molecule has 1 N–H and O–H groups in total. The summed E-state index contributed by atoms with van der Waals surface area (Å²) in [6.45, 7) is 4.12. The van der Waals surface area contributed by atoms with Gasteiger partial charge >= 0.3 is 0 Å². The number of hydrogen-bond donors (Lipinski definition) is 1. The van der Waals surface area contributed by atoms with E-state index in [9.17, 15) is 9.18 Å². The molecule has 0 aliphatic carbocycles. The Balaban J connectivity index is 1.90. The van der Waals surface area contributed by atoms with Gasteiger partial charge in [0, 0.05) is 11.0 Å². The summed E-state index contributed by atoms with van der Waals surface area (Å²) in [4.78, 5) is 12.8. The molecule has 1 amide bonds. The number of nitrogens with zero attached hydrogens (tertiary/aromatic N) is 2. The zero-order chi connectivity index (χ0) is 15.2. The average molecular weight is 307 g/mol. The van der Waals surface area contributed by atoms with Crippen LogP contribution in [0, 0.1) is 5.82 Å². The van der Waals surface area contributed by atoms with Crippen LogP contribution in [-0.2, 0) is 4.79 Å². The van der Waals surface area contributed by atoms with Crippen LogP contribution in [-0.4, -0.2) is 21.4 Å². The van der Waals surface area contributed by atoms with Gasteiger partial charge in [0.2, 0.25) is 5.91 Å². The van der Waals surface area contributed by atoms with E-state index in [1.54, 1.807) is 29.1 Å². The van der Waals surface area contributed by atoms with Crippen molar-refractivity contribution in [2.45, 2.75) is 31.2 Å². The first-order chi connectivity index (χ1) is 10.1. The molecule has 0 saturated carbocycles. The Morgan fingerprint density at radius 1 is 1.38 bits per heavy atom. The molecule has 1 aromatic carbocycles. The van der Waals surface area contributed by atoms with Gasteiger partial charge in [-0.15, -0.1) is 11.8 Å². The second-order valence-electron chi connectivity index (χ2n) is 4.71. The van der Waals surface area contributed by atoms with E-state index in [-0.39, 0.29) is 23.5 Å². The van der Waals surface area contributed by atoms with E-state index in [1.807, 2.05) is 0 Å². The minimum absolute atomic E-state index is 0.102. The van der Waals surface area contributed by atoms with Crippen molar-refractivity contribution in [2.24, 2.45) is 0 Å². The first kappa shape index (κ1) is 15.6. The Morgan fingerprint density at radius 2 is 2.10 bits per heavy atom. The third kappa shape index (κ3) is 4.32. The van der Waals surface area contributed by atoms with Gasteiger partial charge in [0.15, 0.2) is 0 Å². The SMILES string of the molecule is CCC(C)n1nccc1NC(=O)CSc1ccc(F)cc1. The van der Waals surface area contributed by atoms with Gasteiger partial charge in [-0.2, -0.15) is 5.10 Å². The maximum atomic E-state index is 12.8. The normalized spacial score (nSPS) is 12.1. The third-order valence-electron chi connectivity index (χ3n) is 3.13. The van der Waals surface area contributed by atoms with Crippen molar-refractivity contribution in [3.63, 3.8) is 0 Å². The molecule has 2 aromatic rings. The lowest BCUT2D eigenvalue weighted by atomic mass is 10.3. The molecule has 1 heterocycles. The van der Waals surface area contributed by atoms with E-state index < -0.39 is 0 Å². The number of rotatable bonds is 6. The zero-order valence-corrected chi connectivity index (χ0v) is 12.9. The smallest absolute Gasteiger partial charge is 0.235 e. The number of nitrogens with one attached hydrogen (secondary N) is 1. The Labute approximate surface area is 127 Å².